The topological polar surface area (TPSA) is 72.5 Å². The summed E-state index contributed by atoms with van der Waals surface area (Å²) in [5.74, 6) is -0.131. The van der Waals surface area contributed by atoms with Crippen LogP contribution in [0.3, 0.4) is 0 Å². The molecule has 1 amide bonds. The Labute approximate surface area is 156 Å². The molecule has 2 aromatic carbocycles. The van der Waals surface area contributed by atoms with Crippen molar-refractivity contribution in [2.45, 2.75) is 19.8 Å². The van der Waals surface area contributed by atoms with Crippen LogP contribution in [0.4, 0.5) is 5.69 Å². The minimum absolute atomic E-state index is 0.174. The number of hydrogen-bond acceptors (Lipinski definition) is 4. The number of carbonyl (C=O) groups is 3. The largest absolute Gasteiger partial charge is 0.496 e. The number of carbonyl (C=O) groups excluding carboxylic acids is 3. The van der Waals surface area contributed by atoms with Gasteiger partial charge in [-0.3, -0.25) is 14.4 Å². The summed E-state index contributed by atoms with van der Waals surface area (Å²) >= 11 is 5.59. The fraction of sp³-hybridized carbons (Fsp3) is 0.250. The maximum Gasteiger partial charge on any atom is 0.225 e. The summed E-state index contributed by atoms with van der Waals surface area (Å²) in [7, 11) is 1.47. The van der Waals surface area contributed by atoms with Crippen LogP contribution in [-0.2, 0) is 11.2 Å². The van der Waals surface area contributed by atoms with Crippen LogP contribution < -0.4 is 10.1 Å². The number of ether oxygens (including phenoxy) is 1. The molecule has 26 heavy (non-hydrogen) atoms. The molecule has 1 aliphatic carbocycles. The quantitative estimate of drug-likeness (QED) is 0.695. The van der Waals surface area contributed by atoms with Crippen LogP contribution in [0.15, 0.2) is 30.3 Å². The number of hydrogen-bond donors (Lipinski definition) is 1. The summed E-state index contributed by atoms with van der Waals surface area (Å²) in [5, 5.41) is 2.74. The maximum absolute atomic E-state index is 13.1. The number of anilines is 1. The van der Waals surface area contributed by atoms with Crippen LogP contribution >= 0.6 is 11.6 Å². The number of alkyl halides is 1. The van der Waals surface area contributed by atoms with E-state index in [1.807, 2.05) is 6.92 Å². The van der Waals surface area contributed by atoms with Gasteiger partial charge in [0.15, 0.2) is 11.6 Å². The number of rotatable bonds is 5. The molecule has 0 spiro atoms. The first-order valence-corrected chi connectivity index (χ1v) is 8.84. The second-order valence-electron chi connectivity index (χ2n) is 5.94. The number of methoxy groups -OCH3 is 1. The fourth-order valence-electron chi connectivity index (χ4n) is 3.20. The third-order valence-electron chi connectivity index (χ3n) is 4.40. The van der Waals surface area contributed by atoms with Crippen molar-refractivity contribution < 1.29 is 19.1 Å². The smallest absolute Gasteiger partial charge is 0.225 e. The lowest BCUT2D eigenvalue weighted by atomic mass is 9.80. The van der Waals surface area contributed by atoms with E-state index in [0.717, 1.165) is 0 Å². The number of aryl methyl sites for hydroxylation is 1. The van der Waals surface area contributed by atoms with E-state index in [4.69, 9.17) is 16.3 Å². The Morgan fingerprint density at radius 3 is 2.54 bits per heavy atom. The van der Waals surface area contributed by atoms with E-state index in [-0.39, 0.29) is 29.8 Å². The maximum atomic E-state index is 13.1. The van der Waals surface area contributed by atoms with Crippen molar-refractivity contribution in [1.82, 2.24) is 0 Å². The van der Waals surface area contributed by atoms with Crippen molar-refractivity contribution in [2.24, 2.45) is 0 Å². The molecular weight excluding hydrogens is 354 g/mol. The van der Waals surface area contributed by atoms with Gasteiger partial charge in [0.25, 0.3) is 0 Å². The molecule has 2 aromatic rings. The molecule has 6 heteroatoms. The Bertz CT molecular complexity index is 920. The van der Waals surface area contributed by atoms with Crippen LogP contribution in [-0.4, -0.2) is 30.5 Å². The standard InChI is InChI=1S/C20H18ClNO4/c1-3-11-9-12(22-16(23)7-8-21)10-14-17(11)20(25)18-13(19(14)24)5-4-6-15(18)26-2/h4-6,9-10H,3,7-8H2,1-2H3,(H,22,23). The number of halogens is 1. The van der Waals surface area contributed by atoms with E-state index in [0.29, 0.717) is 45.7 Å². The van der Waals surface area contributed by atoms with Crippen LogP contribution in [0.2, 0.25) is 0 Å². The summed E-state index contributed by atoms with van der Waals surface area (Å²) in [5.41, 5.74) is 2.48. The number of benzene rings is 2. The van der Waals surface area contributed by atoms with Crippen molar-refractivity contribution in [3.63, 3.8) is 0 Å². The zero-order chi connectivity index (χ0) is 18.8. The predicted octanol–water partition coefficient (Wildman–Crippen LogP) is 3.60. The molecular formula is C20H18ClNO4. The van der Waals surface area contributed by atoms with Crippen molar-refractivity contribution in [3.05, 3.63) is 58.1 Å². The summed E-state index contributed by atoms with van der Waals surface area (Å²) in [6, 6.07) is 8.26. The molecule has 0 aliphatic heterocycles. The van der Waals surface area contributed by atoms with E-state index in [2.05, 4.69) is 5.32 Å². The van der Waals surface area contributed by atoms with Gasteiger partial charge in [0.1, 0.15) is 5.75 Å². The van der Waals surface area contributed by atoms with E-state index in [9.17, 15) is 14.4 Å². The molecule has 0 aromatic heterocycles. The molecule has 5 nitrogen and oxygen atoms in total. The SMILES string of the molecule is CCc1cc(NC(=O)CCCl)cc2c1C(=O)c1c(OC)cccc1C2=O. The highest BCUT2D eigenvalue weighted by molar-refractivity contribution is 6.30. The van der Waals surface area contributed by atoms with Gasteiger partial charge in [-0.05, 0) is 30.2 Å². The first kappa shape index (κ1) is 18.1. The lowest BCUT2D eigenvalue weighted by molar-refractivity contribution is -0.115. The Morgan fingerprint density at radius 2 is 1.88 bits per heavy atom. The molecule has 0 atom stereocenters. The van der Waals surface area contributed by atoms with Gasteiger partial charge < -0.3 is 10.1 Å². The third kappa shape index (κ3) is 2.99. The molecule has 0 saturated heterocycles. The van der Waals surface area contributed by atoms with Gasteiger partial charge in [0.2, 0.25) is 5.91 Å². The molecule has 0 radical (unpaired) electrons. The minimum Gasteiger partial charge on any atom is -0.496 e. The molecule has 1 aliphatic rings. The van der Waals surface area contributed by atoms with E-state index < -0.39 is 0 Å². The van der Waals surface area contributed by atoms with Gasteiger partial charge in [-0.25, -0.2) is 0 Å². The summed E-state index contributed by atoms with van der Waals surface area (Å²) in [4.78, 5) is 38.0. The van der Waals surface area contributed by atoms with Crippen molar-refractivity contribution in [1.29, 1.82) is 0 Å². The zero-order valence-electron chi connectivity index (χ0n) is 14.5. The van der Waals surface area contributed by atoms with E-state index in [1.165, 1.54) is 7.11 Å². The average molecular weight is 372 g/mol. The van der Waals surface area contributed by atoms with Crippen molar-refractivity contribution >= 4 is 34.8 Å². The van der Waals surface area contributed by atoms with Crippen molar-refractivity contribution in [2.75, 3.05) is 18.3 Å². The Balaban J connectivity index is 2.16. The second kappa shape index (κ2) is 7.30. The molecule has 0 saturated carbocycles. The number of fused-ring (bicyclic) bond motifs is 2. The lowest BCUT2D eigenvalue weighted by Crippen LogP contribution is -2.24. The highest BCUT2D eigenvalue weighted by Crippen LogP contribution is 2.36. The van der Waals surface area contributed by atoms with Crippen LogP contribution in [0.25, 0.3) is 0 Å². The van der Waals surface area contributed by atoms with Gasteiger partial charge in [0.05, 0.1) is 12.7 Å². The Kier molecular flexibility index (Phi) is 5.09. The summed E-state index contributed by atoms with van der Waals surface area (Å²) in [6.45, 7) is 1.90. The van der Waals surface area contributed by atoms with Crippen molar-refractivity contribution in [3.8, 4) is 5.75 Å². The first-order chi connectivity index (χ1) is 12.5. The van der Waals surface area contributed by atoms with Crippen LogP contribution in [0.1, 0.15) is 50.8 Å². The Hall–Kier alpha value is -2.66. The van der Waals surface area contributed by atoms with Gasteiger partial charge in [0, 0.05) is 34.7 Å². The number of amides is 1. The minimum atomic E-state index is -0.253. The highest BCUT2D eigenvalue weighted by atomic mass is 35.5. The summed E-state index contributed by atoms with van der Waals surface area (Å²) in [6.07, 6.45) is 0.720. The predicted molar refractivity (Wildman–Crippen MR) is 99.6 cm³/mol. The number of ketones is 2. The highest BCUT2D eigenvalue weighted by Gasteiger charge is 2.34. The zero-order valence-corrected chi connectivity index (χ0v) is 15.3. The van der Waals surface area contributed by atoms with Crippen LogP contribution in [0.5, 0.6) is 5.75 Å². The van der Waals surface area contributed by atoms with Gasteiger partial charge in [-0.2, -0.15) is 0 Å². The summed E-state index contributed by atoms with van der Waals surface area (Å²) < 4.78 is 5.28. The molecule has 0 heterocycles. The molecule has 134 valence electrons. The average Bonchev–Trinajstić information content (AvgIpc) is 2.64. The van der Waals surface area contributed by atoms with E-state index >= 15 is 0 Å². The van der Waals surface area contributed by atoms with Gasteiger partial charge in [-0.15, -0.1) is 11.6 Å². The van der Waals surface area contributed by atoms with E-state index in [1.54, 1.807) is 30.3 Å². The lowest BCUT2D eigenvalue weighted by Gasteiger charge is -2.22. The first-order valence-electron chi connectivity index (χ1n) is 8.30. The normalized spacial score (nSPS) is 12.4. The second-order valence-corrected chi connectivity index (χ2v) is 6.32. The fourth-order valence-corrected chi connectivity index (χ4v) is 3.38. The molecule has 1 N–H and O–H groups in total. The molecule has 0 bridgehead atoms. The van der Waals surface area contributed by atoms with Gasteiger partial charge in [-0.1, -0.05) is 19.1 Å². The molecule has 0 unspecified atom stereocenters. The Morgan fingerprint density at radius 1 is 1.12 bits per heavy atom. The number of nitrogens with one attached hydrogen (secondary N) is 1. The van der Waals surface area contributed by atoms with Crippen LogP contribution in [0, 0.1) is 0 Å². The molecule has 3 rings (SSSR count). The molecule has 0 fully saturated rings. The van der Waals surface area contributed by atoms with Gasteiger partial charge >= 0.3 is 0 Å². The third-order valence-corrected chi connectivity index (χ3v) is 4.58. The monoisotopic (exact) mass is 371 g/mol.